The van der Waals surface area contributed by atoms with Crippen molar-refractivity contribution < 1.29 is 0 Å². The van der Waals surface area contributed by atoms with Crippen molar-refractivity contribution in [1.82, 2.24) is 0 Å². The van der Waals surface area contributed by atoms with Gasteiger partial charge in [0.25, 0.3) is 0 Å². The van der Waals surface area contributed by atoms with Crippen molar-refractivity contribution in [3.8, 4) is 0 Å². The van der Waals surface area contributed by atoms with Crippen molar-refractivity contribution in [3.63, 3.8) is 0 Å². The zero-order valence-corrected chi connectivity index (χ0v) is 12.0. The van der Waals surface area contributed by atoms with Crippen LogP contribution in [0, 0.1) is 0 Å². The van der Waals surface area contributed by atoms with E-state index in [1.54, 1.807) is 0 Å². The quantitative estimate of drug-likeness (QED) is 0.430. The summed E-state index contributed by atoms with van der Waals surface area (Å²) in [7, 11) is 0. The minimum atomic E-state index is 1.12. The molecular weight excluding hydrogens is 248 g/mol. The summed E-state index contributed by atoms with van der Waals surface area (Å²) in [6.45, 7) is 4.36. The van der Waals surface area contributed by atoms with Crippen LogP contribution in [0.25, 0.3) is 0 Å². The first kappa shape index (κ1) is 14.9. The van der Waals surface area contributed by atoms with E-state index in [0.717, 1.165) is 10.8 Å². The molecule has 82 valence electrons. The molecule has 0 aromatic heterocycles. The lowest BCUT2D eigenvalue weighted by Gasteiger charge is -1.91. The van der Waals surface area contributed by atoms with E-state index >= 15 is 0 Å². The molecule has 0 aromatic rings. The molecule has 0 atom stereocenters. The normalized spacial score (nSPS) is 11.9. The zero-order chi connectivity index (χ0) is 10.5. The lowest BCUT2D eigenvalue weighted by molar-refractivity contribution is 1.52. The van der Waals surface area contributed by atoms with Gasteiger partial charge in [-0.2, -0.15) is 11.8 Å². The average Bonchev–Trinajstić information content (AvgIpc) is 2.21. The molecule has 0 fully saturated rings. The predicted octanol–water partition coefficient (Wildman–Crippen LogP) is 4.90. The molecule has 0 aliphatic rings. The van der Waals surface area contributed by atoms with Gasteiger partial charge < -0.3 is 0 Å². The van der Waals surface area contributed by atoms with E-state index in [0.29, 0.717) is 0 Å². The Kier molecular flexibility index (Phi) is 14.8. The van der Waals surface area contributed by atoms with Gasteiger partial charge in [0.05, 0.1) is 0 Å². The maximum atomic E-state index is 2.24. The second kappa shape index (κ2) is 13.9. The van der Waals surface area contributed by atoms with E-state index in [2.05, 4.69) is 36.1 Å². The highest BCUT2D eigenvalue weighted by Gasteiger charge is 1.81. The molecule has 0 amide bonds. The third kappa shape index (κ3) is 12.9. The van der Waals surface area contributed by atoms with Crippen LogP contribution in [-0.2, 0) is 0 Å². The number of rotatable bonds is 9. The van der Waals surface area contributed by atoms with Crippen LogP contribution in [0.3, 0.4) is 0 Å². The Morgan fingerprint density at radius 3 is 2.29 bits per heavy atom. The fraction of sp³-hybridized carbons (Fsp3) is 0.600. The molecule has 0 unspecified atom stereocenters. The molecule has 0 N–H and O–H groups in total. The Morgan fingerprint density at radius 2 is 1.57 bits per heavy atom. The summed E-state index contributed by atoms with van der Waals surface area (Å²) in [4.78, 5) is 0. The minimum Gasteiger partial charge on any atom is -0.158 e. The van der Waals surface area contributed by atoms with Gasteiger partial charge >= 0.3 is 0 Å². The van der Waals surface area contributed by atoms with Gasteiger partial charge in [0.1, 0.15) is 0 Å². The molecule has 0 spiro atoms. The Balaban J connectivity index is 3.08. The third-order valence-corrected chi connectivity index (χ3v) is 4.63. The standard InChI is InChI=1S/C10H18S4/c1-3-11-6-5-7-13-10-14-9-8-12-4-2/h5,7-9H,3-4,6,10H2,1-2H3. The minimum absolute atomic E-state index is 1.12. The van der Waals surface area contributed by atoms with Crippen LogP contribution >= 0.6 is 47.0 Å². The Hall–Kier alpha value is 0.880. The van der Waals surface area contributed by atoms with Crippen LogP contribution < -0.4 is 0 Å². The average molecular weight is 267 g/mol. The molecule has 0 aliphatic heterocycles. The monoisotopic (exact) mass is 266 g/mol. The second-order valence-electron chi connectivity index (χ2n) is 2.21. The first-order valence-corrected chi connectivity index (χ1v) is 8.94. The fourth-order valence-corrected chi connectivity index (χ4v) is 3.17. The van der Waals surface area contributed by atoms with E-state index in [1.165, 1.54) is 11.5 Å². The van der Waals surface area contributed by atoms with Gasteiger partial charge in [0.2, 0.25) is 0 Å². The third-order valence-electron chi connectivity index (χ3n) is 1.16. The van der Waals surface area contributed by atoms with Crippen LogP contribution in [-0.4, -0.2) is 22.3 Å². The molecular formula is C10H18S4. The van der Waals surface area contributed by atoms with Crippen LogP contribution in [0.2, 0.25) is 0 Å². The van der Waals surface area contributed by atoms with Crippen molar-refractivity contribution >= 4 is 47.0 Å². The summed E-state index contributed by atoms with van der Waals surface area (Å²) in [5.41, 5.74) is 0. The number of hydrogen-bond acceptors (Lipinski definition) is 4. The SMILES string of the molecule is CCSC=CSCSC=CCSCC. The van der Waals surface area contributed by atoms with Crippen molar-refractivity contribution in [1.29, 1.82) is 0 Å². The first-order chi connectivity index (χ1) is 6.91. The molecule has 0 rings (SSSR count). The van der Waals surface area contributed by atoms with Crippen LogP contribution in [0.4, 0.5) is 0 Å². The Labute approximate surface area is 105 Å². The van der Waals surface area contributed by atoms with Gasteiger partial charge in [-0.05, 0) is 27.7 Å². The number of thioether (sulfide) groups is 4. The fourth-order valence-electron chi connectivity index (χ4n) is 0.586. The van der Waals surface area contributed by atoms with E-state index in [-0.39, 0.29) is 0 Å². The van der Waals surface area contributed by atoms with Gasteiger partial charge in [-0.3, -0.25) is 0 Å². The summed E-state index contributed by atoms with van der Waals surface area (Å²) in [6, 6.07) is 0. The van der Waals surface area contributed by atoms with Gasteiger partial charge in [-0.1, -0.05) is 19.9 Å². The van der Waals surface area contributed by atoms with Gasteiger partial charge in [0.15, 0.2) is 0 Å². The highest BCUT2D eigenvalue weighted by molar-refractivity contribution is 8.18. The zero-order valence-electron chi connectivity index (χ0n) is 8.77. The molecule has 4 heteroatoms. The Morgan fingerprint density at radius 1 is 0.857 bits per heavy atom. The molecule has 0 aliphatic carbocycles. The summed E-state index contributed by atoms with van der Waals surface area (Å²) < 4.78 is 0. The van der Waals surface area contributed by atoms with Gasteiger partial charge in [-0.15, -0.1) is 35.3 Å². The smallest absolute Gasteiger partial charge is 0.0474 e. The summed E-state index contributed by atoms with van der Waals surface area (Å²) >= 11 is 7.54. The molecule has 0 heterocycles. The second-order valence-corrected chi connectivity index (χ2v) is 6.87. The largest absolute Gasteiger partial charge is 0.158 e. The molecule has 0 saturated carbocycles. The van der Waals surface area contributed by atoms with Crippen LogP contribution in [0.15, 0.2) is 22.3 Å². The molecule has 14 heavy (non-hydrogen) atoms. The maximum Gasteiger partial charge on any atom is 0.0474 e. The maximum absolute atomic E-state index is 2.24. The lowest BCUT2D eigenvalue weighted by atomic mass is 10.8. The van der Waals surface area contributed by atoms with Gasteiger partial charge in [-0.25, -0.2) is 0 Å². The van der Waals surface area contributed by atoms with Crippen molar-refractivity contribution in [2.24, 2.45) is 0 Å². The highest BCUT2D eigenvalue weighted by atomic mass is 32.2. The molecule has 0 saturated heterocycles. The van der Waals surface area contributed by atoms with E-state index < -0.39 is 0 Å². The first-order valence-electron chi connectivity index (χ1n) is 4.64. The Bertz CT molecular complexity index is 154. The van der Waals surface area contributed by atoms with Crippen molar-refractivity contribution in [2.45, 2.75) is 13.8 Å². The van der Waals surface area contributed by atoms with Crippen LogP contribution in [0.5, 0.6) is 0 Å². The van der Waals surface area contributed by atoms with Crippen molar-refractivity contribution in [2.75, 3.05) is 22.3 Å². The topological polar surface area (TPSA) is 0 Å². The van der Waals surface area contributed by atoms with Crippen LogP contribution in [0.1, 0.15) is 13.8 Å². The molecule has 0 radical (unpaired) electrons. The molecule has 0 aromatic carbocycles. The van der Waals surface area contributed by atoms with E-state index in [9.17, 15) is 0 Å². The summed E-state index contributed by atoms with van der Waals surface area (Å²) in [5, 5.41) is 7.67. The summed E-state index contributed by atoms with van der Waals surface area (Å²) in [6.07, 6.45) is 2.24. The van der Waals surface area contributed by atoms with Crippen molar-refractivity contribution in [3.05, 3.63) is 22.3 Å². The molecule has 0 nitrogen and oxygen atoms in total. The summed E-state index contributed by atoms with van der Waals surface area (Å²) in [5.74, 6) is 3.52. The number of hydrogen-bond donors (Lipinski definition) is 0. The predicted molar refractivity (Wildman–Crippen MR) is 79.5 cm³/mol. The molecule has 0 bridgehead atoms. The highest BCUT2D eigenvalue weighted by Crippen LogP contribution is 2.16. The van der Waals surface area contributed by atoms with Gasteiger partial charge in [0, 0.05) is 10.8 Å². The lowest BCUT2D eigenvalue weighted by Crippen LogP contribution is -1.70. The van der Waals surface area contributed by atoms with E-state index in [4.69, 9.17) is 0 Å². The van der Waals surface area contributed by atoms with E-state index in [1.807, 2.05) is 47.0 Å².